The smallest absolute Gasteiger partial charge is 0.338 e. The van der Waals surface area contributed by atoms with Crippen LogP contribution in [0.4, 0.5) is 0 Å². The van der Waals surface area contributed by atoms with Gasteiger partial charge in [0.05, 0.1) is 5.56 Å². The maximum absolute atomic E-state index is 12.3. The number of ether oxygens (including phenoxy) is 1. The van der Waals surface area contributed by atoms with Crippen LogP contribution in [0.3, 0.4) is 0 Å². The number of carbonyl (C=O) groups excluding carboxylic acids is 1. The Balaban J connectivity index is 2.08. The molecule has 0 bridgehead atoms. The number of esters is 1. The summed E-state index contributed by atoms with van der Waals surface area (Å²) in [5, 5.41) is 0. The lowest BCUT2D eigenvalue weighted by Crippen LogP contribution is -2.35. The van der Waals surface area contributed by atoms with Crippen LogP contribution in [0.1, 0.15) is 50.4 Å². The number of carbonyl (C=O) groups is 1. The molecule has 1 aliphatic carbocycles. The summed E-state index contributed by atoms with van der Waals surface area (Å²) in [5.74, 6) is 1.49. The second-order valence-electron chi connectivity index (χ2n) is 6.28. The van der Waals surface area contributed by atoms with Gasteiger partial charge in [-0.05, 0) is 48.8 Å². The molecular weight excluding hydrogens is 316 g/mol. The molecule has 0 aromatic heterocycles. The third-order valence-corrected chi connectivity index (χ3v) is 4.77. The molecule has 110 valence electrons. The fourth-order valence-corrected chi connectivity index (χ4v) is 3.47. The van der Waals surface area contributed by atoms with Gasteiger partial charge in [0.1, 0.15) is 6.10 Å². The monoisotopic (exact) mass is 338 g/mol. The molecule has 0 radical (unpaired) electrons. The van der Waals surface area contributed by atoms with Gasteiger partial charge < -0.3 is 4.74 Å². The summed E-state index contributed by atoms with van der Waals surface area (Å²) in [6.07, 6.45) is 3.45. The van der Waals surface area contributed by atoms with Gasteiger partial charge in [-0.2, -0.15) is 0 Å². The van der Waals surface area contributed by atoms with Crippen LogP contribution in [0.2, 0.25) is 0 Å². The van der Waals surface area contributed by atoms with Crippen LogP contribution in [0.15, 0.2) is 28.7 Å². The van der Waals surface area contributed by atoms with E-state index in [1.807, 2.05) is 24.3 Å². The van der Waals surface area contributed by atoms with Gasteiger partial charge in [-0.25, -0.2) is 4.79 Å². The molecule has 1 aliphatic rings. The Labute approximate surface area is 130 Å². The van der Waals surface area contributed by atoms with Gasteiger partial charge in [0.15, 0.2) is 0 Å². The highest BCUT2D eigenvalue weighted by Crippen LogP contribution is 2.35. The first-order chi connectivity index (χ1) is 9.47. The summed E-state index contributed by atoms with van der Waals surface area (Å²) in [7, 11) is 0. The SMILES string of the molecule is CC(C)[C@@H]1CC[C@@H](C)C[C@H]1OC(=O)c1cccc(Br)c1. The molecule has 20 heavy (non-hydrogen) atoms. The lowest BCUT2D eigenvalue weighted by atomic mass is 9.75. The largest absolute Gasteiger partial charge is 0.458 e. The Morgan fingerprint density at radius 1 is 1.35 bits per heavy atom. The molecule has 1 fully saturated rings. The van der Waals surface area contributed by atoms with Crippen molar-refractivity contribution in [3.8, 4) is 0 Å². The highest BCUT2D eigenvalue weighted by atomic mass is 79.9. The van der Waals surface area contributed by atoms with Crippen LogP contribution in [-0.2, 0) is 4.74 Å². The molecule has 0 aliphatic heterocycles. The van der Waals surface area contributed by atoms with Crippen molar-refractivity contribution in [2.24, 2.45) is 17.8 Å². The maximum Gasteiger partial charge on any atom is 0.338 e. The Morgan fingerprint density at radius 3 is 2.75 bits per heavy atom. The van der Waals surface area contributed by atoms with Crippen LogP contribution < -0.4 is 0 Å². The van der Waals surface area contributed by atoms with Crippen molar-refractivity contribution in [2.75, 3.05) is 0 Å². The van der Waals surface area contributed by atoms with Crippen LogP contribution in [0.25, 0.3) is 0 Å². The van der Waals surface area contributed by atoms with E-state index in [2.05, 4.69) is 36.7 Å². The lowest BCUT2D eigenvalue weighted by molar-refractivity contribution is -0.0174. The molecule has 3 heteroatoms. The van der Waals surface area contributed by atoms with Crippen molar-refractivity contribution in [2.45, 2.75) is 46.1 Å². The average Bonchev–Trinajstić information content (AvgIpc) is 2.38. The number of hydrogen-bond donors (Lipinski definition) is 0. The summed E-state index contributed by atoms with van der Waals surface area (Å²) in [4.78, 5) is 12.3. The first-order valence-corrected chi connectivity index (χ1v) is 8.23. The van der Waals surface area contributed by atoms with Crippen molar-refractivity contribution < 1.29 is 9.53 Å². The molecule has 0 N–H and O–H groups in total. The van der Waals surface area contributed by atoms with Crippen LogP contribution in [0, 0.1) is 17.8 Å². The minimum atomic E-state index is -0.198. The van der Waals surface area contributed by atoms with Crippen molar-refractivity contribution in [1.82, 2.24) is 0 Å². The molecule has 3 atom stereocenters. The summed E-state index contributed by atoms with van der Waals surface area (Å²) in [6, 6.07) is 7.41. The zero-order valence-corrected chi connectivity index (χ0v) is 14.0. The van der Waals surface area contributed by atoms with E-state index in [-0.39, 0.29) is 12.1 Å². The maximum atomic E-state index is 12.3. The number of halogens is 1. The lowest BCUT2D eigenvalue weighted by Gasteiger charge is -2.36. The van der Waals surface area contributed by atoms with Crippen LogP contribution in [0.5, 0.6) is 0 Å². The predicted octanol–water partition coefficient (Wildman–Crippen LogP) is 5.07. The summed E-state index contributed by atoms with van der Waals surface area (Å²) in [6.45, 7) is 6.69. The summed E-state index contributed by atoms with van der Waals surface area (Å²) < 4.78 is 6.72. The standard InChI is InChI=1S/C17H23BrO2/c1-11(2)15-8-7-12(3)9-16(15)20-17(19)13-5-4-6-14(18)10-13/h4-6,10-12,15-16H,7-9H2,1-3H3/t12-,15+,16-/m1/s1. The fraction of sp³-hybridized carbons (Fsp3) is 0.588. The molecule has 2 rings (SSSR count). The van der Waals surface area contributed by atoms with Crippen LogP contribution in [-0.4, -0.2) is 12.1 Å². The van der Waals surface area contributed by atoms with Gasteiger partial charge >= 0.3 is 5.97 Å². The van der Waals surface area contributed by atoms with Crippen molar-refractivity contribution >= 4 is 21.9 Å². The Bertz CT molecular complexity index is 470. The molecule has 2 nitrogen and oxygen atoms in total. The van der Waals surface area contributed by atoms with Gasteiger partial charge in [0.25, 0.3) is 0 Å². The number of rotatable bonds is 3. The van der Waals surface area contributed by atoms with Crippen molar-refractivity contribution in [3.05, 3.63) is 34.3 Å². The summed E-state index contributed by atoms with van der Waals surface area (Å²) in [5.41, 5.74) is 0.625. The van der Waals surface area contributed by atoms with Gasteiger partial charge in [-0.3, -0.25) is 0 Å². The first-order valence-electron chi connectivity index (χ1n) is 7.44. The molecule has 1 aromatic rings. The number of benzene rings is 1. The van der Waals surface area contributed by atoms with Gasteiger partial charge in [0, 0.05) is 4.47 Å². The number of hydrogen-bond acceptors (Lipinski definition) is 2. The van der Waals surface area contributed by atoms with E-state index < -0.39 is 0 Å². The zero-order valence-electron chi connectivity index (χ0n) is 12.4. The van der Waals surface area contributed by atoms with E-state index in [1.165, 1.54) is 6.42 Å². The Morgan fingerprint density at radius 2 is 2.10 bits per heavy atom. The van der Waals surface area contributed by atoms with Gasteiger partial charge in [0.2, 0.25) is 0 Å². The van der Waals surface area contributed by atoms with Gasteiger partial charge in [-0.15, -0.1) is 0 Å². The van der Waals surface area contributed by atoms with E-state index in [9.17, 15) is 4.79 Å². The molecule has 1 saturated carbocycles. The average molecular weight is 339 g/mol. The fourth-order valence-electron chi connectivity index (χ4n) is 3.07. The minimum absolute atomic E-state index is 0.0604. The first kappa shape index (κ1) is 15.6. The normalized spacial score (nSPS) is 26.6. The third-order valence-electron chi connectivity index (χ3n) is 4.28. The van der Waals surface area contributed by atoms with E-state index in [1.54, 1.807) is 0 Å². The molecule has 0 saturated heterocycles. The topological polar surface area (TPSA) is 26.3 Å². The van der Waals surface area contributed by atoms with Crippen molar-refractivity contribution in [3.63, 3.8) is 0 Å². The second-order valence-corrected chi connectivity index (χ2v) is 7.20. The van der Waals surface area contributed by atoms with E-state index in [4.69, 9.17) is 4.74 Å². The van der Waals surface area contributed by atoms with E-state index in [0.29, 0.717) is 23.3 Å². The molecule has 0 spiro atoms. The Kier molecular flexibility index (Phi) is 5.25. The molecule has 0 heterocycles. The van der Waals surface area contributed by atoms with Gasteiger partial charge in [-0.1, -0.05) is 49.2 Å². The van der Waals surface area contributed by atoms with E-state index in [0.717, 1.165) is 17.3 Å². The minimum Gasteiger partial charge on any atom is -0.458 e. The highest BCUT2D eigenvalue weighted by Gasteiger charge is 2.33. The highest BCUT2D eigenvalue weighted by molar-refractivity contribution is 9.10. The second kappa shape index (κ2) is 6.75. The third kappa shape index (κ3) is 3.85. The molecule has 0 unspecified atom stereocenters. The zero-order chi connectivity index (χ0) is 14.7. The predicted molar refractivity (Wildman–Crippen MR) is 84.7 cm³/mol. The quantitative estimate of drug-likeness (QED) is 0.719. The molecular formula is C17H23BrO2. The summed E-state index contributed by atoms with van der Waals surface area (Å²) >= 11 is 3.39. The Hall–Kier alpha value is -0.830. The molecule has 1 aromatic carbocycles. The molecule has 0 amide bonds. The van der Waals surface area contributed by atoms with E-state index >= 15 is 0 Å². The van der Waals surface area contributed by atoms with Crippen LogP contribution >= 0.6 is 15.9 Å². The van der Waals surface area contributed by atoms with Crippen molar-refractivity contribution in [1.29, 1.82) is 0 Å².